The lowest BCUT2D eigenvalue weighted by Crippen LogP contribution is -2.56. The summed E-state index contributed by atoms with van der Waals surface area (Å²) >= 11 is 5.98. The number of halogens is 6. The number of aliphatic hydroxyl groups is 1. The number of aliphatic hydroxyl groups excluding tert-OH is 1. The zero-order valence-electron chi connectivity index (χ0n) is 30.7. The molecule has 2 aromatic heterocycles. The number of nitrogens with zero attached hydrogens (tertiary/aromatic N) is 8. The van der Waals surface area contributed by atoms with Crippen molar-refractivity contribution in [1.29, 1.82) is 5.26 Å². The first-order chi connectivity index (χ1) is 26.3. The fraction of sp³-hybridized carbons (Fsp3) is 0.579. The van der Waals surface area contributed by atoms with Crippen LogP contribution in [0.4, 0.5) is 27.8 Å². The van der Waals surface area contributed by atoms with E-state index in [1.807, 2.05) is 34.6 Å². The molecule has 3 aromatic rings. The highest BCUT2D eigenvalue weighted by molar-refractivity contribution is 6.31. The van der Waals surface area contributed by atoms with Gasteiger partial charge in [0, 0.05) is 70.0 Å². The summed E-state index contributed by atoms with van der Waals surface area (Å²) < 4.78 is 85.8. The minimum absolute atomic E-state index is 0.0378. The number of anilines is 1. The highest BCUT2D eigenvalue weighted by Gasteiger charge is 2.49. The lowest BCUT2D eigenvalue weighted by molar-refractivity contribution is -0.137. The summed E-state index contributed by atoms with van der Waals surface area (Å²) in [6, 6.07) is 4.96. The molecule has 4 aliphatic rings. The molecule has 0 amide bonds. The lowest BCUT2D eigenvalue weighted by Gasteiger charge is -2.43. The van der Waals surface area contributed by atoms with Crippen molar-refractivity contribution in [2.75, 3.05) is 63.9 Å². The first-order valence-electron chi connectivity index (χ1n) is 18.6. The molecule has 7 rings (SSSR count). The van der Waals surface area contributed by atoms with Crippen LogP contribution in [0.15, 0.2) is 36.5 Å². The molecular weight excluding hydrogens is 747 g/mol. The molecule has 6 atom stereocenters. The van der Waals surface area contributed by atoms with Gasteiger partial charge in [0.15, 0.2) is 5.82 Å². The van der Waals surface area contributed by atoms with Gasteiger partial charge in [-0.25, -0.2) is 8.78 Å². The fourth-order valence-electron chi connectivity index (χ4n) is 8.75. The van der Waals surface area contributed by atoms with Gasteiger partial charge in [0.25, 0.3) is 0 Å². The molecular formula is C38H44ClF5N8O3. The maximum Gasteiger partial charge on any atom is 0.418 e. The number of alkyl halides is 4. The van der Waals surface area contributed by atoms with Crippen molar-refractivity contribution in [3.63, 3.8) is 0 Å². The number of hydrogen-bond acceptors (Lipinski definition) is 11. The summed E-state index contributed by atoms with van der Waals surface area (Å²) in [5.41, 5.74) is -3.27. The molecule has 0 radical (unpaired) electrons. The second-order valence-corrected chi connectivity index (χ2v) is 15.5. The summed E-state index contributed by atoms with van der Waals surface area (Å²) in [6.45, 7) is 8.03. The Morgan fingerprint density at radius 2 is 1.93 bits per heavy atom. The average molecular weight is 791 g/mol. The number of morpholine rings is 1. The summed E-state index contributed by atoms with van der Waals surface area (Å²) in [6.07, 6.45) is 0.0234. The first-order valence-corrected chi connectivity index (χ1v) is 19.0. The van der Waals surface area contributed by atoms with E-state index >= 15 is 4.39 Å². The molecule has 4 saturated heterocycles. The summed E-state index contributed by atoms with van der Waals surface area (Å²) in [7, 11) is 0. The smallest absolute Gasteiger partial charge is 0.418 e. The zero-order chi connectivity index (χ0) is 39.1. The highest BCUT2D eigenvalue weighted by atomic mass is 35.5. The van der Waals surface area contributed by atoms with Crippen LogP contribution in [0, 0.1) is 17.1 Å². The molecule has 4 aliphatic heterocycles. The Morgan fingerprint density at radius 3 is 2.67 bits per heavy atom. The number of fused-ring (bicyclic) bond motifs is 2. The van der Waals surface area contributed by atoms with Crippen LogP contribution in [0.2, 0.25) is 5.02 Å². The third-order valence-electron chi connectivity index (χ3n) is 11.1. The Kier molecular flexibility index (Phi) is 11.5. The molecule has 296 valence electrons. The van der Waals surface area contributed by atoms with Gasteiger partial charge in [-0.2, -0.15) is 28.4 Å². The second kappa shape index (κ2) is 16.0. The second-order valence-electron chi connectivity index (χ2n) is 15.1. The van der Waals surface area contributed by atoms with Gasteiger partial charge >= 0.3 is 12.2 Å². The molecule has 1 N–H and O–H groups in total. The van der Waals surface area contributed by atoms with Crippen LogP contribution in [-0.2, 0) is 10.9 Å². The van der Waals surface area contributed by atoms with Crippen LogP contribution in [-0.4, -0.2) is 130 Å². The van der Waals surface area contributed by atoms with Gasteiger partial charge in [-0.3, -0.25) is 19.7 Å². The standard InChI is InChI=1S/C38H44ClF5N8O3/c1-23-18-49(19-24(2)55-23)12-4-8-30(53)52-15-14-50(21-26(52)9-11-45)35-28-17-46-33(27-6-3-7-29(39)31(27)38(42,43)44)32(41)34(28)47-36(48-35)54-22-37-10-5-13-51(37)20-25(40)16-37/h3-4,6-8,17,23-26,30,53H,5,9-10,12-16,18-22H2,1-2H3/b8-4+/t23-,24-,25-,26+,30?,37+/m1/s1. The quantitative estimate of drug-likeness (QED) is 0.197. The Morgan fingerprint density at radius 1 is 1.15 bits per heavy atom. The monoisotopic (exact) mass is 790 g/mol. The Labute approximate surface area is 321 Å². The molecule has 4 fully saturated rings. The van der Waals surface area contributed by atoms with Crippen molar-refractivity contribution in [3.8, 4) is 23.3 Å². The van der Waals surface area contributed by atoms with Gasteiger partial charge in [0.2, 0.25) is 0 Å². The van der Waals surface area contributed by atoms with Crippen molar-refractivity contribution in [1.82, 2.24) is 29.7 Å². The van der Waals surface area contributed by atoms with Gasteiger partial charge < -0.3 is 19.5 Å². The number of nitriles is 1. The molecule has 0 aliphatic carbocycles. The summed E-state index contributed by atoms with van der Waals surface area (Å²) in [4.78, 5) is 21.2. The minimum atomic E-state index is -4.90. The van der Waals surface area contributed by atoms with Gasteiger partial charge in [0.05, 0.1) is 46.2 Å². The molecule has 0 saturated carbocycles. The van der Waals surface area contributed by atoms with E-state index in [2.05, 4.69) is 25.9 Å². The molecule has 17 heteroatoms. The molecule has 1 unspecified atom stereocenters. The molecule has 0 bridgehead atoms. The van der Waals surface area contributed by atoms with Crippen molar-refractivity contribution >= 4 is 28.3 Å². The highest BCUT2D eigenvalue weighted by Crippen LogP contribution is 2.44. The van der Waals surface area contributed by atoms with Gasteiger partial charge in [-0.1, -0.05) is 29.8 Å². The van der Waals surface area contributed by atoms with Crippen LogP contribution in [0.1, 0.15) is 45.1 Å². The first kappa shape index (κ1) is 39.5. The number of aromatic nitrogens is 3. The third kappa shape index (κ3) is 8.24. The van der Waals surface area contributed by atoms with E-state index in [0.717, 1.165) is 38.2 Å². The van der Waals surface area contributed by atoms with Crippen LogP contribution >= 0.6 is 11.6 Å². The molecule has 0 spiro atoms. The average Bonchev–Trinajstić information content (AvgIpc) is 3.65. The van der Waals surface area contributed by atoms with Crippen molar-refractivity contribution in [3.05, 3.63) is 53.0 Å². The van der Waals surface area contributed by atoms with Crippen molar-refractivity contribution in [2.24, 2.45) is 0 Å². The van der Waals surface area contributed by atoms with Crippen LogP contribution in [0.3, 0.4) is 0 Å². The Balaban J connectivity index is 1.21. The number of ether oxygens (including phenoxy) is 2. The Bertz CT molecular complexity index is 1940. The minimum Gasteiger partial charge on any atom is -0.461 e. The summed E-state index contributed by atoms with van der Waals surface area (Å²) in [5, 5.41) is 20.6. The number of rotatable bonds is 10. The van der Waals surface area contributed by atoms with Crippen molar-refractivity contribution in [2.45, 2.75) is 81.9 Å². The van der Waals surface area contributed by atoms with Gasteiger partial charge in [-0.15, -0.1) is 0 Å². The maximum atomic E-state index is 16.7. The third-order valence-corrected chi connectivity index (χ3v) is 11.4. The predicted octanol–water partition coefficient (Wildman–Crippen LogP) is 5.85. The summed E-state index contributed by atoms with van der Waals surface area (Å²) in [5.74, 6) is -0.917. The van der Waals surface area contributed by atoms with E-state index in [1.54, 1.807) is 6.08 Å². The van der Waals surface area contributed by atoms with E-state index in [9.17, 15) is 27.9 Å². The van der Waals surface area contributed by atoms with Gasteiger partial charge in [0.1, 0.15) is 36.0 Å². The van der Waals surface area contributed by atoms with Gasteiger partial charge in [-0.05, 0) is 45.4 Å². The molecule has 1 aromatic carbocycles. The predicted molar refractivity (Wildman–Crippen MR) is 196 cm³/mol. The van der Waals surface area contributed by atoms with Crippen LogP contribution < -0.4 is 9.64 Å². The topological polar surface area (TPSA) is 114 Å². The number of pyridine rings is 1. The maximum absolute atomic E-state index is 16.7. The van der Waals surface area contributed by atoms with Crippen LogP contribution in [0.25, 0.3) is 22.2 Å². The van der Waals surface area contributed by atoms with Crippen LogP contribution in [0.5, 0.6) is 6.01 Å². The number of benzene rings is 1. The molecule has 6 heterocycles. The van der Waals surface area contributed by atoms with E-state index in [1.165, 1.54) is 12.3 Å². The largest absolute Gasteiger partial charge is 0.461 e. The van der Waals surface area contributed by atoms with E-state index in [4.69, 9.17) is 21.1 Å². The Hall–Kier alpha value is -3.72. The van der Waals surface area contributed by atoms with E-state index in [-0.39, 0.29) is 74.0 Å². The van der Waals surface area contributed by atoms with E-state index < -0.39 is 57.8 Å². The van der Waals surface area contributed by atoms with Crippen molar-refractivity contribution < 1.29 is 36.5 Å². The van der Waals surface area contributed by atoms with E-state index in [0.29, 0.717) is 19.5 Å². The zero-order valence-corrected chi connectivity index (χ0v) is 31.4. The fourth-order valence-corrected chi connectivity index (χ4v) is 9.03. The SMILES string of the molecule is C[C@@H]1CN(C/C=C/C(O)N2CCN(c3nc(OC[C@@]45CCCN4C[C@H](F)C5)nc4c(F)c(-c5cccc(Cl)c5C(F)(F)F)ncc34)C[C@@H]2CC#N)C[C@@H](C)O1. The molecule has 55 heavy (non-hydrogen) atoms. The lowest BCUT2D eigenvalue weighted by atomic mass is 9.95. The number of piperazine rings is 1. The number of hydrogen-bond donors (Lipinski definition) is 1. The molecule has 11 nitrogen and oxygen atoms in total. The normalized spacial score (nSPS) is 27.5.